The van der Waals surface area contributed by atoms with E-state index in [2.05, 4.69) is 6.07 Å². The van der Waals surface area contributed by atoms with Gasteiger partial charge in [-0.3, -0.25) is 10.1 Å². The van der Waals surface area contributed by atoms with Gasteiger partial charge in [0, 0.05) is 13.6 Å². The molecule has 0 saturated heterocycles. The summed E-state index contributed by atoms with van der Waals surface area (Å²) in [6.45, 7) is 2.17. The SMILES string of the molecule is CC(C#N)CN(C)c1cccc(Cl)c1[N+](=O)[O-]. The van der Waals surface area contributed by atoms with E-state index < -0.39 is 4.92 Å². The third kappa shape index (κ3) is 3.08. The maximum atomic E-state index is 10.9. The number of nitrogens with zero attached hydrogens (tertiary/aromatic N) is 3. The van der Waals surface area contributed by atoms with Gasteiger partial charge < -0.3 is 4.90 Å². The van der Waals surface area contributed by atoms with Crippen LogP contribution < -0.4 is 4.90 Å². The Labute approximate surface area is 104 Å². The van der Waals surface area contributed by atoms with Crippen molar-refractivity contribution in [3.63, 3.8) is 0 Å². The van der Waals surface area contributed by atoms with Crippen LogP contribution in [0.3, 0.4) is 0 Å². The van der Waals surface area contributed by atoms with Crippen molar-refractivity contribution in [2.24, 2.45) is 5.92 Å². The minimum Gasteiger partial charge on any atom is -0.368 e. The molecule has 1 unspecified atom stereocenters. The quantitative estimate of drug-likeness (QED) is 0.611. The summed E-state index contributed by atoms with van der Waals surface area (Å²) in [4.78, 5) is 12.1. The summed E-state index contributed by atoms with van der Waals surface area (Å²) < 4.78 is 0. The van der Waals surface area contributed by atoms with Crippen LogP contribution in [0.4, 0.5) is 11.4 Å². The fourth-order valence-electron chi connectivity index (χ4n) is 1.54. The number of nitro groups is 1. The van der Waals surface area contributed by atoms with Crippen LogP contribution in [0.15, 0.2) is 18.2 Å². The maximum absolute atomic E-state index is 10.9. The molecule has 0 aliphatic rings. The fraction of sp³-hybridized carbons (Fsp3) is 0.364. The number of benzene rings is 1. The molecule has 0 radical (unpaired) electrons. The summed E-state index contributed by atoms with van der Waals surface area (Å²) in [6.07, 6.45) is 0. The zero-order chi connectivity index (χ0) is 13.0. The van der Waals surface area contributed by atoms with Gasteiger partial charge in [-0.25, -0.2) is 0 Å². The second-order valence-corrected chi connectivity index (χ2v) is 4.18. The Kier molecular flexibility index (Phi) is 4.30. The number of nitro benzene ring substituents is 1. The molecule has 90 valence electrons. The van der Waals surface area contributed by atoms with Gasteiger partial charge in [0.05, 0.1) is 16.9 Å². The van der Waals surface area contributed by atoms with E-state index in [1.165, 1.54) is 6.07 Å². The predicted molar refractivity (Wildman–Crippen MR) is 66.2 cm³/mol. The molecule has 0 spiro atoms. The van der Waals surface area contributed by atoms with E-state index in [-0.39, 0.29) is 16.6 Å². The smallest absolute Gasteiger partial charge is 0.310 e. The summed E-state index contributed by atoms with van der Waals surface area (Å²) in [5.41, 5.74) is 0.298. The van der Waals surface area contributed by atoms with Gasteiger partial charge in [0.1, 0.15) is 10.7 Å². The Morgan fingerprint density at radius 2 is 2.29 bits per heavy atom. The lowest BCUT2D eigenvalue weighted by atomic mass is 10.2. The van der Waals surface area contributed by atoms with Crippen molar-refractivity contribution in [1.82, 2.24) is 0 Å². The molecule has 0 aliphatic heterocycles. The van der Waals surface area contributed by atoms with Crippen LogP contribution in [0.2, 0.25) is 5.02 Å². The lowest BCUT2D eigenvalue weighted by molar-refractivity contribution is -0.384. The van der Waals surface area contributed by atoms with Crippen molar-refractivity contribution in [2.45, 2.75) is 6.92 Å². The highest BCUT2D eigenvalue weighted by Gasteiger charge is 2.21. The van der Waals surface area contributed by atoms with Gasteiger partial charge in [-0.15, -0.1) is 0 Å². The average Bonchev–Trinajstić information content (AvgIpc) is 2.27. The number of rotatable bonds is 4. The van der Waals surface area contributed by atoms with E-state index in [1.54, 1.807) is 31.0 Å². The average molecular weight is 254 g/mol. The molecule has 0 saturated carbocycles. The van der Waals surface area contributed by atoms with Gasteiger partial charge in [0.25, 0.3) is 0 Å². The molecular formula is C11H12ClN3O2. The van der Waals surface area contributed by atoms with Gasteiger partial charge in [-0.2, -0.15) is 5.26 Å². The van der Waals surface area contributed by atoms with E-state index in [0.29, 0.717) is 12.2 Å². The van der Waals surface area contributed by atoms with Crippen LogP contribution in [-0.2, 0) is 0 Å². The van der Waals surface area contributed by atoms with E-state index in [9.17, 15) is 10.1 Å². The lowest BCUT2D eigenvalue weighted by Gasteiger charge is -2.20. The van der Waals surface area contributed by atoms with Gasteiger partial charge >= 0.3 is 5.69 Å². The first kappa shape index (κ1) is 13.3. The minimum atomic E-state index is -0.509. The molecule has 5 nitrogen and oxygen atoms in total. The number of anilines is 1. The van der Waals surface area contributed by atoms with E-state index in [0.717, 1.165) is 0 Å². The third-order valence-corrected chi connectivity index (χ3v) is 2.63. The first-order valence-electron chi connectivity index (χ1n) is 5.01. The standard InChI is InChI=1S/C11H12ClN3O2/c1-8(6-13)7-14(2)10-5-3-4-9(12)11(10)15(16)17/h3-5,8H,7H2,1-2H3. The first-order valence-corrected chi connectivity index (χ1v) is 5.38. The zero-order valence-corrected chi connectivity index (χ0v) is 10.3. The highest BCUT2D eigenvalue weighted by molar-refractivity contribution is 6.33. The van der Waals surface area contributed by atoms with E-state index in [4.69, 9.17) is 16.9 Å². The summed E-state index contributed by atoms with van der Waals surface area (Å²) in [5, 5.41) is 19.8. The Morgan fingerprint density at radius 3 is 2.82 bits per heavy atom. The Hall–Kier alpha value is -1.80. The highest BCUT2D eigenvalue weighted by Crippen LogP contribution is 2.34. The van der Waals surface area contributed by atoms with Crippen LogP contribution in [0.25, 0.3) is 0 Å². The minimum absolute atomic E-state index is 0.101. The van der Waals surface area contributed by atoms with Crippen molar-refractivity contribution in [3.05, 3.63) is 33.3 Å². The zero-order valence-electron chi connectivity index (χ0n) is 9.55. The first-order chi connectivity index (χ1) is 7.97. The predicted octanol–water partition coefficient (Wildman–Crippen LogP) is 2.84. The Balaban J connectivity index is 3.10. The van der Waals surface area contributed by atoms with Crippen LogP contribution in [0, 0.1) is 27.4 Å². The van der Waals surface area contributed by atoms with Gasteiger partial charge in [-0.05, 0) is 19.1 Å². The van der Waals surface area contributed by atoms with Crippen molar-refractivity contribution in [2.75, 3.05) is 18.5 Å². The number of halogens is 1. The largest absolute Gasteiger partial charge is 0.368 e. The Bertz CT molecular complexity index is 470. The summed E-state index contributed by atoms with van der Waals surface area (Å²) >= 11 is 5.81. The van der Waals surface area contributed by atoms with Crippen molar-refractivity contribution < 1.29 is 4.92 Å². The molecule has 1 atom stereocenters. The number of nitriles is 1. The van der Waals surface area contributed by atoms with Crippen LogP contribution in [0.1, 0.15) is 6.92 Å². The van der Waals surface area contributed by atoms with E-state index in [1.807, 2.05) is 0 Å². The van der Waals surface area contributed by atoms with Crippen LogP contribution in [-0.4, -0.2) is 18.5 Å². The second-order valence-electron chi connectivity index (χ2n) is 3.78. The molecule has 0 heterocycles. The molecule has 1 rings (SSSR count). The summed E-state index contributed by atoms with van der Waals surface area (Å²) in [6, 6.07) is 6.83. The molecule has 1 aromatic carbocycles. The molecule has 0 amide bonds. The third-order valence-electron chi connectivity index (χ3n) is 2.33. The second kappa shape index (κ2) is 5.51. The van der Waals surface area contributed by atoms with Gasteiger partial charge in [-0.1, -0.05) is 17.7 Å². The molecule has 1 aromatic rings. The summed E-state index contributed by atoms with van der Waals surface area (Å²) in [7, 11) is 1.70. The normalized spacial score (nSPS) is 11.6. The lowest BCUT2D eigenvalue weighted by Crippen LogP contribution is -2.24. The number of hydrogen-bond donors (Lipinski definition) is 0. The molecule has 0 bridgehead atoms. The molecule has 0 aliphatic carbocycles. The fourth-order valence-corrected chi connectivity index (χ4v) is 1.78. The van der Waals surface area contributed by atoms with Crippen molar-refractivity contribution in [3.8, 4) is 6.07 Å². The molecule has 0 fully saturated rings. The highest BCUT2D eigenvalue weighted by atomic mass is 35.5. The molecule has 6 heteroatoms. The van der Waals surface area contributed by atoms with Crippen molar-refractivity contribution in [1.29, 1.82) is 5.26 Å². The van der Waals surface area contributed by atoms with Gasteiger partial charge in [0.2, 0.25) is 0 Å². The molecular weight excluding hydrogens is 242 g/mol. The summed E-state index contributed by atoms with van der Waals surface area (Å²) in [5.74, 6) is -0.210. The topological polar surface area (TPSA) is 70.2 Å². The van der Waals surface area contributed by atoms with Crippen LogP contribution >= 0.6 is 11.6 Å². The molecule has 0 N–H and O–H groups in total. The number of hydrogen-bond acceptors (Lipinski definition) is 4. The maximum Gasteiger partial charge on any atom is 0.310 e. The molecule has 17 heavy (non-hydrogen) atoms. The van der Waals surface area contributed by atoms with Gasteiger partial charge in [0.15, 0.2) is 0 Å². The Morgan fingerprint density at radius 1 is 1.65 bits per heavy atom. The van der Waals surface area contributed by atoms with E-state index >= 15 is 0 Å². The number of para-hydroxylation sites is 1. The monoisotopic (exact) mass is 253 g/mol. The molecule has 0 aromatic heterocycles. The van der Waals surface area contributed by atoms with Crippen LogP contribution in [0.5, 0.6) is 0 Å². The van der Waals surface area contributed by atoms with Crippen molar-refractivity contribution >= 4 is 23.0 Å².